The van der Waals surface area contributed by atoms with E-state index in [1.807, 2.05) is 36.4 Å². The van der Waals surface area contributed by atoms with Crippen molar-refractivity contribution in [2.24, 2.45) is 0 Å². The molecule has 0 unspecified atom stereocenters. The Hall–Kier alpha value is -7.49. The summed E-state index contributed by atoms with van der Waals surface area (Å²) in [6.07, 6.45) is 2.30. The quantitative estimate of drug-likeness (QED) is 0.152. The van der Waals surface area contributed by atoms with Gasteiger partial charge in [-0.05, 0) is 57.7 Å². The molecule has 0 radical (unpaired) electrons. The number of hydrogen-bond donors (Lipinski definition) is 2. The molecule has 3 heteroatoms. The molecule has 2 N–H and O–H groups in total. The van der Waals surface area contributed by atoms with Gasteiger partial charge >= 0.3 is 0 Å². The van der Waals surface area contributed by atoms with Gasteiger partial charge in [-0.25, -0.2) is 0 Å². The zero-order valence-corrected chi connectivity index (χ0v) is 33.2. The highest BCUT2D eigenvalue weighted by Gasteiger charge is 2.38. The zero-order valence-electron chi connectivity index (χ0n) is 33.2. The number of nitrogens with zero attached hydrogens (tertiary/aromatic N) is 1. The highest BCUT2D eigenvalue weighted by atomic mass is 15.2. The Morgan fingerprint density at radius 2 is 0.966 bits per heavy atom. The molecule has 0 fully saturated rings. The Labute approximate surface area is 346 Å². The molecule has 3 nitrogen and oxygen atoms in total. The third-order valence-electron chi connectivity index (χ3n) is 11.9. The van der Waals surface area contributed by atoms with Crippen LogP contribution in [0, 0.1) is 5.41 Å². The molecule has 2 aliphatic rings. The van der Waals surface area contributed by atoms with E-state index in [4.69, 9.17) is 0 Å². The topological polar surface area (TPSA) is 39.1 Å². The van der Waals surface area contributed by atoms with Crippen LogP contribution < -0.4 is 10.2 Å². The van der Waals surface area contributed by atoms with Crippen LogP contribution in [-0.4, -0.2) is 5.71 Å². The van der Waals surface area contributed by atoms with E-state index in [1.165, 1.54) is 22.3 Å². The number of rotatable bonds is 8. The van der Waals surface area contributed by atoms with Crippen LogP contribution in [0.15, 0.2) is 206 Å². The molecule has 282 valence electrons. The summed E-state index contributed by atoms with van der Waals surface area (Å²) >= 11 is 0. The van der Waals surface area contributed by atoms with Crippen molar-refractivity contribution in [3.05, 3.63) is 245 Å². The van der Waals surface area contributed by atoms with Crippen molar-refractivity contribution in [3.8, 4) is 22.3 Å². The first-order chi connectivity index (χ1) is 29.0. The van der Waals surface area contributed by atoms with Gasteiger partial charge < -0.3 is 10.2 Å². The molecule has 0 saturated heterocycles. The molecule has 1 aliphatic carbocycles. The minimum absolute atomic E-state index is 0.175. The molecule has 0 saturated carbocycles. The Kier molecular flexibility index (Phi) is 8.99. The molecular formula is C56H43N3. The molecule has 0 aromatic heterocycles. The van der Waals surface area contributed by atoms with Crippen LogP contribution in [0.2, 0.25) is 0 Å². The highest BCUT2D eigenvalue weighted by molar-refractivity contribution is 6.36. The average Bonchev–Trinajstić information content (AvgIpc) is 3.54. The largest absolute Gasteiger partial charge is 0.354 e. The lowest BCUT2D eigenvalue weighted by molar-refractivity contribution is 0.660. The van der Waals surface area contributed by atoms with Crippen LogP contribution in [0.1, 0.15) is 52.8 Å². The maximum atomic E-state index is 9.87. The molecule has 8 aromatic carbocycles. The number of benzene rings is 8. The maximum Gasteiger partial charge on any atom is 0.0711 e. The van der Waals surface area contributed by atoms with Crippen LogP contribution in [0.5, 0.6) is 0 Å². The molecule has 8 aromatic rings. The van der Waals surface area contributed by atoms with Crippen LogP contribution in [0.3, 0.4) is 0 Å². The zero-order chi connectivity index (χ0) is 39.9. The van der Waals surface area contributed by atoms with E-state index in [0.29, 0.717) is 5.71 Å². The minimum atomic E-state index is -0.175. The van der Waals surface area contributed by atoms with Crippen molar-refractivity contribution in [1.29, 1.82) is 5.41 Å². The van der Waals surface area contributed by atoms with Crippen molar-refractivity contribution in [3.63, 3.8) is 0 Å². The fourth-order valence-corrected chi connectivity index (χ4v) is 9.08. The van der Waals surface area contributed by atoms with Gasteiger partial charge in [0.15, 0.2) is 0 Å². The molecule has 0 bridgehead atoms. The van der Waals surface area contributed by atoms with Crippen molar-refractivity contribution >= 4 is 45.8 Å². The predicted molar refractivity (Wildman–Crippen MR) is 248 cm³/mol. The molecule has 10 rings (SSSR count). The lowest BCUT2D eigenvalue weighted by atomic mass is 9.82. The summed E-state index contributed by atoms with van der Waals surface area (Å²) in [7, 11) is 0. The third-order valence-corrected chi connectivity index (χ3v) is 11.9. The van der Waals surface area contributed by atoms with Gasteiger partial charge in [-0.1, -0.05) is 202 Å². The molecular weight excluding hydrogens is 715 g/mol. The van der Waals surface area contributed by atoms with Gasteiger partial charge in [0.2, 0.25) is 0 Å². The van der Waals surface area contributed by atoms with E-state index >= 15 is 0 Å². The second kappa shape index (κ2) is 14.8. The van der Waals surface area contributed by atoms with Crippen LogP contribution >= 0.6 is 0 Å². The summed E-state index contributed by atoms with van der Waals surface area (Å²) < 4.78 is 0. The maximum absolute atomic E-state index is 9.87. The molecule has 1 heterocycles. The van der Waals surface area contributed by atoms with Gasteiger partial charge in [-0.3, -0.25) is 5.41 Å². The Balaban J connectivity index is 1.32. The van der Waals surface area contributed by atoms with E-state index in [1.54, 1.807) is 0 Å². The summed E-state index contributed by atoms with van der Waals surface area (Å²) in [6, 6.07) is 72.8. The smallest absolute Gasteiger partial charge is 0.0711 e. The highest BCUT2D eigenvalue weighted by Crippen LogP contribution is 2.56. The fourth-order valence-electron chi connectivity index (χ4n) is 9.08. The van der Waals surface area contributed by atoms with E-state index in [-0.39, 0.29) is 5.41 Å². The van der Waals surface area contributed by atoms with E-state index in [9.17, 15) is 5.41 Å². The first-order valence-electron chi connectivity index (χ1n) is 20.3. The van der Waals surface area contributed by atoms with Gasteiger partial charge in [0.1, 0.15) is 0 Å². The number of allylic oxidation sites excluding steroid dienone is 1. The SMILES string of the molecule is CC1(C)c2ccccc2-c2c(N(c3ccccc3-c3ccccc3)c3cccc4c3C=C(c3ccccc3)N/C4=C(\C(=N)c3ccccc3)c3ccccc3)cccc21. The van der Waals surface area contributed by atoms with Gasteiger partial charge in [0, 0.05) is 44.5 Å². The van der Waals surface area contributed by atoms with Crippen LogP contribution in [-0.2, 0) is 5.41 Å². The molecule has 1 aliphatic heterocycles. The lowest BCUT2D eigenvalue weighted by Gasteiger charge is -2.34. The van der Waals surface area contributed by atoms with E-state index in [2.05, 4.69) is 200 Å². The van der Waals surface area contributed by atoms with Gasteiger partial charge in [0.25, 0.3) is 0 Å². The summed E-state index contributed by atoms with van der Waals surface area (Å²) in [6.45, 7) is 4.69. The molecule has 0 spiro atoms. The second-order valence-electron chi connectivity index (χ2n) is 15.7. The average molecular weight is 758 g/mol. The first kappa shape index (κ1) is 35.9. The normalized spacial score (nSPS) is 14.2. The second-order valence-corrected chi connectivity index (χ2v) is 15.7. The Morgan fingerprint density at radius 3 is 1.68 bits per heavy atom. The van der Waals surface area contributed by atoms with Gasteiger partial charge in [0.05, 0.1) is 28.5 Å². The predicted octanol–water partition coefficient (Wildman–Crippen LogP) is 14.2. The monoisotopic (exact) mass is 757 g/mol. The number of nitrogens with one attached hydrogen (secondary N) is 2. The van der Waals surface area contributed by atoms with Crippen molar-refractivity contribution in [2.45, 2.75) is 19.3 Å². The Morgan fingerprint density at radius 1 is 0.458 bits per heavy atom. The molecule has 59 heavy (non-hydrogen) atoms. The third kappa shape index (κ3) is 6.20. The van der Waals surface area contributed by atoms with Crippen molar-refractivity contribution in [1.82, 2.24) is 5.32 Å². The van der Waals surface area contributed by atoms with Gasteiger partial charge in [-0.2, -0.15) is 0 Å². The molecule has 0 atom stereocenters. The summed E-state index contributed by atoms with van der Waals surface area (Å²) in [5.74, 6) is 0. The standard InChI is InChI=1S/C56H43N3/c1-56(2)46-32-17-15-30-44(46)53-47(56)33-20-36-51(53)59(49-34-18-16-29-42(49)38-21-7-3-8-22-38)50-35-19-31-43-45(50)37-48(39-23-9-4-10-24-39)58-55(43)52(40-25-11-5-12-26-40)54(57)41-27-13-6-14-28-41/h3-37,57-58H,1-2H3/b55-52-,57-54?. The van der Waals surface area contributed by atoms with Crippen LogP contribution in [0.25, 0.3) is 45.3 Å². The number of para-hydroxylation sites is 1. The minimum Gasteiger partial charge on any atom is -0.354 e. The summed E-state index contributed by atoms with van der Waals surface area (Å²) in [5.41, 5.74) is 18.7. The first-order valence-corrected chi connectivity index (χ1v) is 20.3. The number of anilines is 3. The van der Waals surface area contributed by atoms with E-state index in [0.717, 1.165) is 73.0 Å². The fraction of sp³-hybridized carbons (Fsp3) is 0.0536. The number of hydrogen-bond acceptors (Lipinski definition) is 3. The lowest BCUT2D eigenvalue weighted by Crippen LogP contribution is -2.22. The van der Waals surface area contributed by atoms with Crippen molar-refractivity contribution < 1.29 is 0 Å². The van der Waals surface area contributed by atoms with E-state index < -0.39 is 0 Å². The van der Waals surface area contributed by atoms with Crippen LogP contribution in [0.4, 0.5) is 17.1 Å². The Bertz CT molecular complexity index is 2920. The molecule has 0 amide bonds. The summed E-state index contributed by atoms with van der Waals surface area (Å²) in [5, 5.41) is 13.8. The summed E-state index contributed by atoms with van der Waals surface area (Å²) in [4.78, 5) is 2.49. The van der Waals surface area contributed by atoms with Gasteiger partial charge in [-0.15, -0.1) is 0 Å². The number of fused-ring (bicyclic) bond motifs is 4. The van der Waals surface area contributed by atoms with Crippen molar-refractivity contribution in [2.75, 3.05) is 4.90 Å².